The Kier molecular flexibility index (Phi) is 8.52. The van der Waals surface area contributed by atoms with Crippen molar-refractivity contribution in [3.63, 3.8) is 0 Å². The second kappa shape index (κ2) is 11.1. The third kappa shape index (κ3) is 5.53. The molecule has 7 nitrogen and oxygen atoms in total. The van der Waals surface area contributed by atoms with Gasteiger partial charge in [0.05, 0.1) is 30.6 Å². The molecule has 164 valence electrons. The van der Waals surface area contributed by atoms with Gasteiger partial charge in [0.1, 0.15) is 6.10 Å². The molecule has 8 heteroatoms. The fourth-order valence-electron chi connectivity index (χ4n) is 3.99. The summed E-state index contributed by atoms with van der Waals surface area (Å²) in [7, 11) is 0. The molecule has 2 aromatic rings. The highest BCUT2D eigenvalue weighted by molar-refractivity contribution is 14.0. The molecule has 2 atom stereocenters. The maximum Gasteiger partial charge on any atom is 0.194 e. The zero-order valence-electron chi connectivity index (χ0n) is 17.8. The Hall–Kier alpha value is -1.65. The summed E-state index contributed by atoms with van der Waals surface area (Å²) in [5.41, 5.74) is 3.22. The zero-order chi connectivity index (χ0) is 20.1. The Morgan fingerprint density at radius 2 is 2.03 bits per heavy atom. The Balaban J connectivity index is 0.00000256. The average molecular weight is 525 g/mol. The van der Waals surface area contributed by atoms with Gasteiger partial charge in [-0.3, -0.25) is 0 Å². The van der Waals surface area contributed by atoms with Crippen molar-refractivity contribution in [1.29, 1.82) is 0 Å². The van der Waals surface area contributed by atoms with E-state index >= 15 is 0 Å². The molecule has 0 saturated carbocycles. The number of aryl methyl sites for hydroxylation is 1. The molecule has 2 unspecified atom stereocenters. The molecule has 0 radical (unpaired) electrons. The van der Waals surface area contributed by atoms with E-state index in [0.29, 0.717) is 13.2 Å². The lowest BCUT2D eigenvalue weighted by molar-refractivity contribution is -0.0817. The van der Waals surface area contributed by atoms with Crippen molar-refractivity contribution < 1.29 is 9.47 Å². The van der Waals surface area contributed by atoms with Crippen molar-refractivity contribution in [2.75, 3.05) is 32.8 Å². The van der Waals surface area contributed by atoms with Crippen molar-refractivity contribution in [3.8, 4) is 5.69 Å². The summed E-state index contributed by atoms with van der Waals surface area (Å²) in [6, 6.07) is 10.3. The number of aliphatic imine (C=N–C) groups is 1. The predicted octanol–water partition coefficient (Wildman–Crippen LogP) is 3.14. The number of nitrogens with zero attached hydrogens (tertiary/aromatic N) is 4. The summed E-state index contributed by atoms with van der Waals surface area (Å²) in [6.07, 6.45) is 4.54. The van der Waals surface area contributed by atoms with Gasteiger partial charge in [-0.15, -0.1) is 24.0 Å². The van der Waals surface area contributed by atoms with E-state index in [1.165, 1.54) is 0 Å². The van der Waals surface area contributed by atoms with Crippen LogP contribution in [0.25, 0.3) is 5.69 Å². The minimum absolute atomic E-state index is 0. The average Bonchev–Trinajstić information content (AvgIpc) is 3.43. The lowest BCUT2D eigenvalue weighted by Gasteiger charge is -2.37. The summed E-state index contributed by atoms with van der Waals surface area (Å²) >= 11 is 0. The van der Waals surface area contributed by atoms with Crippen molar-refractivity contribution in [1.82, 2.24) is 20.0 Å². The molecule has 2 aliphatic rings. The van der Waals surface area contributed by atoms with Crippen LogP contribution in [0.4, 0.5) is 0 Å². The molecule has 4 rings (SSSR count). The molecule has 3 heterocycles. The number of rotatable bonds is 5. The second-order valence-corrected chi connectivity index (χ2v) is 7.61. The number of morpholine rings is 1. The van der Waals surface area contributed by atoms with E-state index in [0.717, 1.165) is 62.0 Å². The van der Waals surface area contributed by atoms with Gasteiger partial charge in [-0.05, 0) is 44.4 Å². The maximum absolute atomic E-state index is 6.00. The minimum Gasteiger partial charge on any atom is -0.375 e. The van der Waals surface area contributed by atoms with E-state index < -0.39 is 0 Å². The van der Waals surface area contributed by atoms with Crippen LogP contribution < -0.4 is 5.32 Å². The number of hydrogen-bond donors (Lipinski definition) is 1. The van der Waals surface area contributed by atoms with Gasteiger partial charge in [0.15, 0.2) is 5.96 Å². The van der Waals surface area contributed by atoms with Crippen LogP contribution in [-0.2, 0) is 16.0 Å². The minimum atomic E-state index is 0. The molecule has 1 N–H and O–H groups in total. The first-order valence-electron chi connectivity index (χ1n) is 10.6. The van der Waals surface area contributed by atoms with Gasteiger partial charge in [-0.25, -0.2) is 9.67 Å². The molecular formula is C22H32IN5O2. The lowest BCUT2D eigenvalue weighted by Crippen LogP contribution is -2.53. The SMILES string of the molecule is CCNC(=NCc1ccccc1-n1ccc(C)n1)N1CCOC(C2CCCO2)C1.I. The van der Waals surface area contributed by atoms with E-state index in [1.54, 1.807) is 0 Å². The van der Waals surface area contributed by atoms with Crippen LogP contribution >= 0.6 is 24.0 Å². The van der Waals surface area contributed by atoms with Crippen molar-refractivity contribution in [2.24, 2.45) is 4.99 Å². The van der Waals surface area contributed by atoms with E-state index in [2.05, 4.69) is 40.4 Å². The number of benzene rings is 1. The van der Waals surface area contributed by atoms with E-state index in [9.17, 15) is 0 Å². The van der Waals surface area contributed by atoms with Crippen LogP contribution in [0, 0.1) is 6.92 Å². The van der Waals surface area contributed by atoms with Gasteiger partial charge < -0.3 is 19.7 Å². The number of guanidine groups is 1. The van der Waals surface area contributed by atoms with Crippen LogP contribution in [-0.4, -0.2) is 65.7 Å². The van der Waals surface area contributed by atoms with Gasteiger partial charge in [0.25, 0.3) is 0 Å². The molecule has 0 bridgehead atoms. The third-order valence-corrected chi connectivity index (χ3v) is 5.47. The lowest BCUT2D eigenvalue weighted by atomic mass is 10.1. The Labute approximate surface area is 195 Å². The molecule has 2 saturated heterocycles. The topological polar surface area (TPSA) is 63.9 Å². The summed E-state index contributed by atoms with van der Waals surface area (Å²) in [6.45, 7) is 8.75. The largest absolute Gasteiger partial charge is 0.375 e. The van der Waals surface area contributed by atoms with Crippen molar-refractivity contribution >= 4 is 29.9 Å². The van der Waals surface area contributed by atoms with Gasteiger partial charge in [0, 0.05) is 32.4 Å². The molecule has 2 aliphatic heterocycles. The molecular weight excluding hydrogens is 493 g/mol. The fourth-order valence-corrected chi connectivity index (χ4v) is 3.99. The zero-order valence-corrected chi connectivity index (χ0v) is 20.1. The highest BCUT2D eigenvalue weighted by Crippen LogP contribution is 2.21. The molecule has 0 aliphatic carbocycles. The summed E-state index contributed by atoms with van der Waals surface area (Å²) in [5, 5.41) is 8.01. The molecule has 30 heavy (non-hydrogen) atoms. The standard InChI is InChI=1S/C22H31N5O2.HI/c1-3-23-22(26-12-14-29-21(16-26)20-9-6-13-28-20)24-15-18-7-4-5-8-19(18)27-11-10-17(2)25-27;/h4-5,7-8,10-11,20-21H,3,6,9,12-16H2,1-2H3,(H,23,24);1H. The maximum atomic E-state index is 6.00. The van der Waals surface area contributed by atoms with E-state index in [-0.39, 0.29) is 36.2 Å². The van der Waals surface area contributed by atoms with Crippen LogP contribution in [0.15, 0.2) is 41.5 Å². The highest BCUT2D eigenvalue weighted by Gasteiger charge is 2.32. The second-order valence-electron chi connectivity index (χ2n) is 7.61. The summed E-state index contributed by atoms with van der Waals surface area (Å²) in [5.74, 6) is 0.935. The monoisotopic (exact) mass is 525 g/mol. The van der Waals surface area contributed by atoms with Gasteiger partial charge in [-0.2, -0.15) is 5.10 Å². The van der Waals surface area contributed by atoms with E-state index in [1.807, 2.05) is 29.9 Å². The first-order chi connectivity index (χ1) is 14.2. The number of aromatic nitrogens is 2. The normalized spacial score (nSPS) is 22.1. The van der Waals surface area contributed by atoms with Crippen LogP contribution in [0.3, 0.4) is 0 Å². The highest BCUT2D eigenvalue weighted by atomic mass is 127. The van der Waals surface area contributed by atoms with Gasteiger partial charge in [0.2, 0.25) is 0 Å². The molecule has 1 aromatic heterocycles. The quantitative estimate of drug-likeness (QED) is 0.369. The number of para-hydroxylation sites is 1. The molecule has 1 aromatic carbocycles. The molecule has 2 fully saturated rings. The summed E-state index contributed by atoms with van der Waals surface area (Å²) in [4.78, 5) is 7.26. The van der Waals surface area contributed by atoms with Gasteiger partial charge in [-0.1, -0.05) is 18.2 Å². The smallest absolute Gasteiger partial charge is 0.194 e. The first kappa shape index (κ1) is 23.0. The van der Waals surface area contributed by atoms with E-state index in [4.69, 9.17) is 14.5 Å². The fraction of sp³-hybridized carbons (Fsp3) is 0.545. The third-order valence-electron chi connectivity index (χ3n) is 5.47. The Morgan fingerprint density at radius 1 is 1.20 bits per heavy atom. The first-order valence-corrected chi connectivity index (χ1v) is 10.6. The number of hydrogen-bond acceptors (Lipinski definition) is 4. The Bertz CT molecular complexity index is 834. The van der Waals surface area contributed by atoms with Crippen molar-refractivity contribution in [2.45, 2.75) is 45.4 Å². The van der Waals surface area contributed by atoms with Crippen molar-refractivity contribution in [3.05, 3.63) is 47.8 Å². The number of ether oxygens (including phenoxy) is 2. The predicted molar refractivity (Wildman–Crippen MR) is 129 cm³/mol. The number of halogens is 1. The molecule has 0 spiro atoms. The number of nitrogens with one attached hydrogen (secondary N) is 1. The van der Waals surface area contributed by atoms with Crippen LogP contribution in [0.5, 0.6) is 0 Å². The van der Waals surface area contributed by atoms with Crippen LogP contribution in [0.2, 0.25) is 0 Å². The molecule has 0 amide bonds. The Morgan fingerprint density at radius 3 is 2.77 bits per heavy atom. The van der Waals surface area contributed by atoms with Crippen LogP contribution in [0.1, 0.15) is 31.0 Å². The summed E-state index contributed by atoms with van der Waals surface area (Å²) < 4.78 is 13.8. The van der Waals surface area contributed by atoms with Gasteiger partial charge >= 0.3 is 0 Å².